The molecular weight excluding hydrogens is 254 g/mol. The van der Waals surface area contributed by atoms with Crippen LogP contribution in [0.4, 0.5) is 0 Å². The summed E-state index contributed by atoms with van der Waals surface area (Å²) in [6.45, 7) is 7.53. The molecule has 0 spiro atoms. The minimum Gasteiger partial charge on any atom is -0.508 e. The number of rotatable bonds is 8. The Balaban J connectivity index is 2.78. The minimum absolute atomic E-state index is 0.0381. The van der Waals surface area contributed by atoms with Crippen LogP contribution in [0.5, 0.6) is 11.5 Å². The second-order valence-corrected chi connectivity index (χ2v) is 5.21. The van der Waals surface area contributed by atoms with Gasteiger partial charge < -0.3 is 10.2 Å². The van der Waals surface area contributed by atoms with E-state index < -0.39 is 0 Å². The molecule has 1 unspecified atom stereocenters. The number of nitrogens with zero attached hydrogens (tertiary/aromatic N) is 1. The Morgan fingerprint density at radius 1 is 1.30 bits per heavy atom. The fourth-order valence-corrected chi connectivity index (χ4v) is 2.10. The molecule has 0 aliphatic carbocycles. The molecule has 0 bridgehead atoms. The van der Waals surface area contributed by atoms with E-state index in [0.29, 0.717) is 12.6 Å². The number of carbonyl (C=O) groups is 1. The zero-order valence-electron chi connectivity index (χ0n) is 12.6. The van der Waals surface area contributed by atoms with Crippen molar-refractivity contribution in [3.05, 3.63) is 23.8 Å². The van der Waals surface area contributed by atoms with Gasteiger partial charge in [0.2, 0.25) is 0 Å². The minimum atomic E-state index is -0.158. The Kier molecular flexibility index (Phi) is 6.52. The summed E-state index contributed by atoms with van der Waals surface area (Å²) in [5.41, 5.74) is 0.271. The van der Waals surface area contributed by atoms with Gasteiger partial charge in [0, 0.05) is 12.1 Å². The normalized spacial score (nSPS) is 12.6. The van der Waals surface area contributed by atoms with Crippen molar-refractivity contribution < 1.29 is 15.0 Å². The highest BCUT2D eigenvalue weighted by Crippen LogP contribution is 2.23. The number of benzene rings is 1. The Hall–Kier alpha value is -1.55. The van der Waals surface area contributed by atoms with Crippen LogP contribution in [-0.4, -0.2) is 40.0 Å². The molecule has 0 aliphatic heterocycles. The van der Waals surface area contributed by atoms with Crippen molar-refractivity contribution in [2.24, 2.45) is 0 Å². The SMILES string of the molecule is CCCCN(CC(=O)c1ccc(O)cc1O)C(C)CC. The van der Waals surface area contributed by atoms with E-state index in [2.05, 4.69) is 25.7 Å². The van der Waals surface area contributed by atoms with Gasteiger partial charge in [-0.05, 0) is 38.4 Å². The maximum Gasteiger partial charge on any atom is 0.180 e. The molecule has 0 amide bonds. The van der Waals surface area contributed by atoms with Crippen LogP contribution < -0.4 is 0 Å². The fourth-order valence-electron chi connectivity index (χ4n) is 2.10. The molecule has 1 aromatic carbocycles. The van der Waals surface area contributed by atoms with Gasteiger partial charge in [0.05, 0.1) is 12.1 Å². The van der Waals surface area contributed by atoms with Crippen molar-refractivity contribution in [1.82, 2.24) is 4.90 Å². The van der Waals surface area contributed by atoms with E-state index in [1.807, 2.05) is 0 Å². The first kappa shape index (κ1) is 16.5. The number of Topliss-reactive ketones (excluding diaryl/α,β-unsaturated/α-hetero) is 1. The molecule has 4 nitrogen and oxygen atoms in total. The molecule has 1 atom stereocenters. The number of unbranched alkanes of at least 4 members (excludes halogenated alkanes) is 1. The molecule has 0 radical (unpaired) electrons. The molecule has 112 valence electrons. The standard InChI is InChI=1S/C16H25NO3/c1-4-6-9-17(12(3)5-2)11-16(20)14-8-7-13(18)10-15(14)19/h7-8,10,12,18-19H,4-6,9,11H2,1-3H3. The molecule has 0 aliphatic rings. The monoisotopic (exact) mass is 279 g/mol. The summed E-state index contributed by atoms with van der Waals surface area (Å²) in [5, 5.41) is 19.0. The van der Waals surface area contributed by atoms with Crippen LogP contribution in [0.15, 0.2) is 18.2 Å². The van der Waals surface area contributed by atoms with Crippen LogP contribution in [-0.2, 0) is 0 Å². The second kappa shape index (κ2) is 7.90. The van der Waals surface area contributed by atoms with Crippen LogP contribution in [0.25, 0.3) is 0 Å². The van der Waals surface area contributed by atoms with Crippen LogP contribution in [0.1, 0.15) is 50.4 Å². The summed E-state index contributed by atoms with van der Waals surface area (Å²) in [7, 11) is 0. The van der Waals surface area contributed by atoms with E-state index in [0.717, 1.165) is 25.8 Å². The van der Waals surface area contributed by atoms with Gasteiger partial charge in [-0.3, -0.25) is 9.69 Å². The quantitative estimate of drug-likeness (QED) is 0.717. The Morgan fingerprint density at radius 3 is 2.55 bits per heavy atom. The molecule has 0 saturated heterocycles. The topological polar surface area (TPSA) is 60.8 Å². The molecule has 4 heteroatoms. The van der Waals surface area contributed by atoms with Gasteiger partial charge in [-0.1, -0.05) is 20.3 Å². The number of carbonyl (C=O) groups excluding carboxylic acids is 1. The third-order valence-corrected chi connectivity index (χ3v) is 3.64. The van der Waals surface area contributed by atoms with E-state index >= 15 is 0 Å². The predicted molar refractivity (Wildman–Crippen MR) is 80.3 cm³/mol. The van der Waals surface area contributed by atoms with E-state index in [-0.39, 0.29) is 22.8 Å². The first-order valence-corrected chi connectivity index (χ1v) is 7.28. The predicted octanol–water partition coefficient (Wildman–Crippen LogP) is 3.18. The van der Waals surface area contributed by atoms with Crippen molar-refractivity contribution in [2.75, 3.05) is 13.1 Å². The van der Waals surface area contributed by atoms with Gasteiger partial charge in [-0.25, -0.2) is 0 Å². The van der Waals surface area contributed by atoms with E-state index in [4.69, 9.17) is 0 Å². The summed E-state index contributed by atoms with van der Waals surface area (Å²) in [6, 6.07) is 4.44. The van der Waals surface area contributed by atoms with E-state index in [1.54, 1.807) is 0 Å². The Labute approximate surface area is 121 Å². The Bertz CT molecular complexity index is 445. The average Bonchev–Trinajstić information content (AvgIpc) is 2.42. The Morgan fingerprint density at radius 2 is 2.00 bits per heavy atom. The lowest BCUT2D eigenvalue weighted by atomic mass is 10.1. The molecule has 0 aromatic heterocycles. The molecule has 1 aromatic rings. The van der Waals surface area contributed by atoms with Crippen LogP contribution in [0, 0.1) is 0 Å². The third-order valence-electron chi connectivity index (χ3n) is 3.64. The molecule has 0 saturated carbocycles. The van der Waals surface area contributed by atoms with Gasteiger partial charge in [-0.2, -0.15) is 0 Å². The van der Waals surface area contributed by atoms with Crippen LogP contribution in [0.2, 0.25) is 0 Å². The van der Waals surface area contributed by atoms with Gasteiger partial charge in [0.25, 0.3) is 0 Å². The lowest BCUT2D eigenvalue weighted by Crippen LogP contribution is -2.37. The van der Waals surface area contributed by atoms with Gasteiger partial charge >= 0.3 is 0 Å². The van der Waals surface area contributed by atoms with Crippen molar-refractivity contribution >= 4 is 5.78 Å². The van der Waals surface area contributed by atoms with Crippen molar-refractivity contribution in [3.8, 4) is 11.5 Å². The highest BCUT2D eigenvalue weighted by Gasteiger charge is 2.18. The summed E-state index contributed by atoms with van der Waals surface area (Å²) < 4.78 is 0. The summed E-state index contributed by atoms with van der Waals surface area (Å²) >= 11 is 0. The van der Waals surface area contributed by atoms with Crippen molar-refractivity contribution in [2.45, 2.75) is 46.1 Å². The van der Waals surface area contributed by atoms with E-state index in [1.165, 1.54) is 18.2 Å². The first-order chi connectivity index (χ1) is 9.49. The van der Waals surface area contributed by atoms with Crippen molar-refractivity contribution in [3.63, 3.8) is 0 Å². The summed E-state index contributed by atoms with van der Waals surface area (Å²) in [4.78, 5) is 14.4. The molecule has 20 heavy (non-hydrogen) atoms. The lowest BCUT2D eigenvalue weighted by molar-refractivity contribution is 0.0891. The molecule has 0 heterocycles. The third kappa shape index (κ3) is 4.53. The number of phenolic OH excluding ortho intramolecular Hbond substituents is 2. The highest BCUT2D eigenvalue weighted by atomic mass is 16.3. The largest absolute Gasteiger partial charge is 0.508 e. The smallest absolute Gasteiger partial charge is 0.180 e. The summed E-state index contributed by atoms with van der Waals surface area (Å²) in [5.74, 6) is -0.308. The number of hydrogen-bond acceptors (Lipinski definition) is 4. The highest BCUT2D eigenvalue weighted by molar-refractivity contribution is 6.00. The van der Waals surface area contributed by atoms with Crippen LogP contribution in [0.3, 0.4) is 0 Å². The van der Waals surface area contributed by atoms with Gasteiger partial charge in [0.1, 0.15) is 11.5 Å². The number of aromatic hydroxyl groups is 2. The first-order valence-electron chi connectivity index (χ1n) is 7.28. The molecule has 0 fully saturated rings. The average molecular weight is 279 g/mol. The van der Waals surface area contributed by atoms with Crippen molar-refractivity contribution in [1.29, 1.82) is 0 Å². The van der Waals surface area contributed by atoms with Crippen LogP contribution >= 0.6 is 0 Å². The van der Waals surface area contributed by atoms with E-state index in [9.17, 15) is 15.0 Å². The lowest BCUT2D eigenvalue weighted by Gasteiger charge is -2.27. The number of phenols is 2. The molecule has 2 N–H and O–H groups in total. The molecular formula is C16H25NO3. The number of ketones is 1. The summed E-state index contributed by atoms with van der Waals surface area (Å²) in [6.07, 6.45) is 3.13. The van der Waals surface area contributed by atoms with Gasteiger partial charge in [0.15, 0.2) is 5.78 Å². The maximum absolute atomic E-state index is 12.3. The fraction of sp³-hybridized carbons (Fsp3) is 0.562. The number of hydrogen-bond donors (Lipinski definition) is 2. The maximum atomic E-state index is 12.3. The second-order valence-electron chi connectivity index (χ2n) is 5.21. The van der Waals surface area contributed by atoms with Gasteiger partial charge in [-0.15, -0.1) is 0 Å². The zero-order valence-corrected chi connectivity index (χ0v) is 12.6. The molecule has 1 rings (SSSR count). The zero-order chi connectivity index (χ0) is 15.1.